The monoisotopic (exact) mass is 228 g/mol. The fraction of sp³-hybridized carbons (Fsp3) is 0.0667. The zero-order valence-corrected chi connectivity index (χ0v) is 9.96. The average molecular weight is 229 g/mol. The molecule has 0 aliphatic heterocycles. The van der Waals surface area contributed by atoms with Crippen LogP contribution in [0.3, 0.4) is 0 Å². The van der Waals surface area contributed by atoms with Crippen molar-refractivity contribution in [1.29, 1.82) is 0 Å². The molecule has 0 spiro atoms. The minimum absolute atomic E-state index is 0.762. The first kappa shape index (κ1) is 11.0. The van der Waals surface area contributed by atoms with Crippen LogP contribution in [0.5, 0.6) is 0 Å². The molecule has 0 N–H and O–H groups in total. The molecule has 0 amide bonds. The first-order chi connectivity index (χ1) is 7.66. The normalized spacial score (nSPS) is 10.1. The molecule has 0 fully saturated rings. The van der Waals surface area contributed by atoms with Crippen molar-refractivity contribution in [3.05, 3.63) is 65.7 Å². The first-order valence-electron chi connectivity index (χ1n) is 5.19. The molecule has 0 saturated heterocycles. The third-order valence-electron chi connectivity index (χ3n) is 2.51. The Kier molecular flexibility index (Phi) is 3.12. The van der Waals surface area contributed by atoms with Crippen LogP contribution in [-0.4, -0.2) is 0 Å². The van der Waals surface area contributed by atoms with Crippen LogP contribution < -0.4 is 0 Å². The Balaban J connectivity index is 2.48. The van der Waals surface area contributed by atoms with Crippen LogP contribution in [0.4, 0.5) is 0 Å². The molecule has 2 rings (SSSR count). The van der Waals surface area contributed by atoms with Crippen molar-refractivity contribution in [3.63, 3.8) is 0 Å². The summed E-state index contributed by atoms with van der Waals surface area (Å²) in [5, 5.41) is 0.762. The van der Waals surface area contributed by atoms with E-state index in [1.807, 2.05) is 31.2 Å². The molecular weight excluding hydrogens is 216 g/mol. The van der Waals surface area contributed by atoms with Gasteiger partial charge in [0, 0.05) is 5.02 Å². The molecule has 2 aromatic rings. The van der Waals surface area contributed by atoms with E-state index in [1.54, 1.807) is 0 Å². The van der Waals surface area contributed by atoms with Crippen molar-refractivity contribution in [1.82, 2.24) is 0 Å². The second-order valence-corrected chi connectivity index (χ2v) is 4.31. The lowest BCUT2D eigenvalue weighted by Gasteiger charge is -2.05. The predicted octanol–water partition coefficient (Wildman–Crippen LogP) is 5.04. The molecule has 80 valence electrons. The summed E-state index contributed by atoms with van der Waals surface area (Å²) in [6, 6.07) is 16.2. The van der Waals surface area contributed by atoms with E-state index >= 15 is 0 Å². The zero-order valence-electron chi connectivity index (χ0n) is 9.20. The summed E-state index contributed by atoms with van der Waals surface area (Å²) in [6.07, 6.45) is 0. The van der Waals surface area contributed by atoms with Crippen LogP contribution in [0, 0.1) is 0 Å². The van der Waals surface area contributed by atoms with Gasteiger partial charge in [0.2, 0.25) is 0 Å². The molecule has 0 nitrogen and oxygen atoms in total. The Hall–Kier alpha value is -1.53. The Labute approximate surface area is 101 Å². The third kappa shape index (κ3) is 2.34. The van der Waals surface area contributed by atoms with Crippen molar-refractivity contribution in [2.45, 2.75) is 6.92 Å². The van der Waals surface area contributed by atoms with Gasteiger partial charge in [-0.25, -0.2) is 0 Å². The molecule has 16 heavy (non-hydrogen) atoms. The smallest absolute Gasteiger partial charge is 0.0412 e. The SMILES string of the molecule is C=C(C)c1cccc(-c2cccc(Cl)c2)c1. The van der Waals surface area contributed by atoms with Crippen LogP contribution in [0.2, 0.25) is 5.02 Å². The molecule has 0 aliphatic rings. The number of benzene rings is 2. The van der Waals surface area contributed by atoms with Crippen LogP contribution >= 0.6 is 11.6 Å². The highest BCUT2D eigenvalue weighted by Crippen LogP contribution is 2.25. The molecule has 0 bridgehead atoms. The van der Waals surface area contributed by atoms with Crippen molar-refractivity contribution in [2.75, 3.05) is 0 Å². The zero-order chi connectivity index (χ0) is 11.5. The van der Waals surface area contributed by atoms with Gasteiger partial charge in [-0.2, -0.15) is 0 Å². The highest BCUT2D eigenvalue weighted by Gasteiger charge is 2.00. The van der Waals surface area contributed by atoms with Gasteiger partial charge in [-0.1, -0.05) is 54.1 Å². The Morgan fingerprint density at radius 1 is 1.00 bits per heavy atom. The number of rotatable bonds is 2. The van der Waals surface area contributed by atoms with Gasteiger partial charge in [-0.15, -0.1) is 0 Å². The van der Waals surface area contributed by atoms with Crippen LogP contribution in [0.15, 0.2) is 55.1 Å². The molecule has 0 heterocycles. The number of halogens is 1. The van der Waals surface area contributed by atoms with E-state index in [-0.39, 0.29) is 0 Å². The largest absolute Gasteiger partial charge is 0.0955 e. The fourth-order valence-electron chi connectivity index (χ4n) is 1.63. The quantitative estimate of drug-likeness (QED) is 0.676. The Bertz CT molecular complexity index is 526. The van der Waals surface area contributed by atoms with E-state index in [4.69, 9.17) is 11.6 Å². The number of allylic oxidation sites excluding steroid dienone is 1. The summed E-state index contributed by atoms with van der Waals surface area (Å²) < 4.78 is 0. The second kappa shape index (κ2) is 4.54. The molecule has 2 aromatic carbocycles. The third-order valence-corrected chi connectivity index (χ3v) is 2.75. The van der Waals surface area contributed by atoms with Gasteiger partial charge < -0.3 is 0 Å². The van der Waals surface area contributed by atoms with E-state index in [0.29, 0.717) is 0 Å². The number of hydrogen-bond acceptors (Lipinski definition) is 0. The van der Waals surface area contributed by atoms with Gasteiger partial charge in [0.1, 0.15) is 0 Å². The highest BCUT2D eigenvalue weighted by molar-refractivity contribution is 6.30. The standard InChI is InChI=1S/C15H13Cl/c1-11(2)12-5-3-6-13(9-12)14-7-4-8-15(16)10-14/h3-10H,1H2,2H3. The lowest BCUT2D eigenvalue weighted by Crippen LogP contribution is -1.81. The highest BCUT2D eigenvalue weighted by atomic mass is 35.5. The van der Waals surface area contributed by atoms with Crippen LogP contribution in [0.1, 0.15) is 12.5 Å². The number of hydrogen-bond donors (Lipinski definition) is 0. The lowest BCUT2D eigenvalue weighted by molar-refractivity contribution is 1.55. The van der Waals surface area contributed by atoms with Crippen LogP contribution in [0.25, 0.3) is 16.7 Å². The fourth-order valence-corrected chi connectivity index (χ4v) is 1.82. The van der Waals surface area contributed by atoms with E-state index in [0.717, 1.165) is 21.7 Å². The lowest BCUT2D eigenvalue weighted by atomic mass is 10.0. The van der Waals surface area contributed by atoms with Gasteiger partial charge in [-0.05, 0) is 41.8 Å². The second-order valence-electron chi connectivity index (χ2n) is 3.87. The Morgan fingerprint density at radius 2 is 1.62 bits per heavy atom. The van der Waals surface area contributed by atoms with Crippen molar-refractivity contribution < 1.29 is 0 Å². The maximum Gasteiger partial charge on any atom is 0.0412 e. The molecule has 1 heteroatoms. The van der Waals surface area contributed by atoms with Gasteiger partial charge in [0.25, 0.3) is 0 Å². The topological polar surface area (TPSA) is 0 Å². The van der Waals surface area contributed by atoms with Gasteiger partial charge in [0.15, 0.2) is 0 Å². The molecular formula is C15H13Cl. The van der Waals surface area contributed by atoms with Gasteiger partial charge in [0.05, 0.1) is 0 Å². The molecule has 0 aliphatic carbocycles. The maximum atomic E-state index is 5.98. The van der Waals surface area contributed by atoms with Crippen molar-refractivity contribution >= 4 is 17.2 Å². The van der Waals surface area contributed by atoms with E-state index in [2.05, 4.69) is 30.8 Å². The first-order valence-corrected chi connectivity index (χ1v) is 5.56. The van der Waals surface area contributed by atoms with Gasteiger partial charge in [-0.3, -0.25) is 0 Å². The summed E-state index contributed by atoms with van der Waals surface area (Å²) in [5.41, 5.74) is 4.54. The minimum atomic E-state index is 0.762. The molecule has 0 unspecified atom stereocenters. The molecule has 0 saturated carbocycles. The maximum absolute atomic E-state index is 5.98. The summed E-state index contributed by atoms with van der Waals surface area (Å²) >= 11 is 5.98. The van der Waals surface area contributed by atoms with Crippen molar-refractivity contribution in [2.24, 2.45) is 0 Å². The van der Waals surface area contributed by atoms with Crippen LogP contribution in [-0.2, 0) is 0 Å². The molecule has 0 aromatic heterocycles. The summed E-state index contributed by atoms with van der Waals surface area (Å²) in [6.45, 7) is 5.96. The predicted molar refractivity (Wildman–Crippen MR) is 71.6 cm³/mol. The van der Waals surface area contributed by atoms with E-state index in [9.17, 15) is 0 Å². The minimum Gasteiger partial charge on any atom is -0.0955 e. The summed E-state index contributed by atoms with van der Waals surface area (Å²) in [7, 11) is 0. The molecule has 0 radical (unpaired) electrons. The van der Waals surface area contributed by atoms with E-state index < -0.39 is 0 Å². The van der Waals surface area contributed by atoms with E-state index in [1.165, 1.54) is 5.56 Å². The Morgan fingerprint density at radius 3 is 2.25 bits per heavy atom. The van der Waals surface area contributed by atoms with Crippen molar-refractivity contribution in [3.8, 4) is 11.1 Å². The average Bonchev–Trinajstić information content (AvgIpc) is 2.29. The molecule has 0 atom stereocenters. The van der Waals surface area contributed by atoms with Gasteiger partial charge >= 0.3 is 0 Å². The summed E-state index contributed by atoms with van der Waals surface area (Å²) in [4.78, 5) is 0. The summed E-state index contributed by atoms with van der Waals surface area (Å²) in [5.74, 6) is 0.